The van der Waals surface area contributed by atoms with Gasteiger partial charge in [-0.1, -0.05) is 12.6 Å². The van der Waals surface area contributed by atoms with Gasteiger partial charge in [0.15, 0.2) is 0 Å². The Labute approximate surface area is 122 Å². The van der Waals surface area contributed by atoms with Crippen LogP contribution in [0.4, 0.5) is 4.39 Å². The standard InChI is InChI=1S/C16H16FN3O/c1-10-6-15(20(3)16(10)21)14-7-12(17)4-5-13(14)11-8-18-19(2)9-11/h4-5,7-9,15H,1,6H2,2-3H3. The van der Waals surface area contributed by atoms with Crippen LogP contribution >= 0.6 is 0 Å². The average molecular weight is 285 g/mol. The molecule has 1 amide bonds. The largest absolute Gasteiger partial charge is 0.335 e. The van der Waals surface area contributed by atoms with Crippen molar-refractivity contribution in [3.8, 4) is 11.1 Å². The minimum Gasteiger partial charge on any atom is -0.335 e. The molecule has 1 unspecified atom stereocenters. The van der Waals surface area contributed by atoms with Crippen molar-refractivity contribution in [1.82, 2.24) is 14.7 Å². The number of aromatic nitrogens is 2. The highest BCUT2D eigenvalue weighted by Gasteiger charge is 2.33. The Kier molecular flexibility index (Phi) is 3.12. The van der Waals surface area contributed by atoms with Gasteiger partial charge in [0.2, 0.25) is 5.91 Å². The van der Waals surface area contributed by atoms with Gasteiger partial charge < -0.3 is 4.90 Å². The first-order valence-corrected chi connectivity index (χ1v) is 6.71. The first kappa shape index (κ1) is 13.5. The lowest BCUT2D eigenvalue weighted by Gasteiger charge is -2.22. The minimum absolute atomic E-state index is 0.0820. The Morgan fingerprint density at radius 3 is 2.71 bits per heavy atom. The van der Waals surface area contributed by atoms with Gasteiger partial charge in [0.05, 0.1) is 12.2 Å². The first-order valence-electron chi connectivity index (χ1n) is 6.71. The van der Waals surface area contributed by atoms with Crippen LogP contribution in [0, 0.1) is 5.82 Å². The summed E-state index contributed by atoms with van der Waals surface area (Å²) in [5.41, 5.74) is 3.15. The molecule has 0 radical (unpaired) electrons. The number of carbonyl (C=O) groups excluding carboxylic acids is 1. The number of carbonyl (C=O) groups is 1. The molecule has 4 nitrogen and oxygen atoms in total. The maximum atomic E-state index is 13.7. The van der Waals surface area contributed by atoms with Gasteiger partial charge in [0.25, 0.3) is 0 Å². The quantitative estimate of drug-likeness (QED) is 0.796. The molecule has 1 aromatic carbocycles. The summed E-state index contributed by atoms with van der Waals surface area (Å²) in [6.45, 7) is 3.79. The molecule has 3 rings (SSSR count). The third kappa shape index (κ3) is 2.24. The summed E-state index contributed by atoms with van der Waals surface area (Å²) in [5, 5.41) is 4.16. The number of benzene rings is 1. The van der Waals surface area contributed by atoms with Crippen LogP contribution in [0.3, 0.4) is 0 Å². The van der Waals surface area contributed by atoms with Crippen LogP contribution in [0.15, 0.2) is 42.7 Å². The number of likely N-dealkylation sites (N-methyl/N-ethyl adjacent to an activating group) is 1. The number of amides is 1. The molecule has 1 saturated heterocycles. The van der Waals surface area contributed by atoms with Gasteiger partial charge in [-0.25, -0.2) is 4.39 Å². The molecule has 1 aliphatic heterocycles. The van der Waals surface area contributed by atoms with Crippen molar-refractivity contribution in [3.05, 3.63) is 54.1 Å². The number of hydrogen-bond acceptors (Lipinski definition) is 2. The zero-order valence-electron chi connectivity index (χ0n) is 12.0. The van der Waals surface area contributed by atoms with E-state index >= 15 is 0 Å². The Morgan fingerprint density at radius 1 is 1.38 bits per heavy atom. The number of likely N-dealkylation sites (tertiary alicyclic amines) is 1. The SMILES string of the molecule is C=C1CC(c2cc(F)ccc2-c2cnn(C)c2)N(C)C1=O. The minimum atomic E-state index is -0.309. The van der Waals surface area contributed by atoms with Gasteiger partial charge >= 0.3 is 0 Å². The second kappa shape index (κ2) is 4.84. The van der Waals surface area contributed by atoms with Crippen LogP contribution in [-0.4, -0.2) is 27.6 Å². The number of rotatable bonds is 2. The summed E-state index contributed by atoms with van der Waals surface area (Å²) in [4.78, 5) is 13.6. The van der Waals surface area contributed by atoms with Crippen LogP contribution < -0.4 is 0 Å². The maximum absolute atomic E-state index is 13.7. The molecule has 1 atom stereocenters. The number of nitrogens with zero attached hydrogens (tertiary/aromatic N) is 3. The number of aryl methyl sites for hydroxylation is 1. The van der Waals surface area contributed by atoms with E-state index in [1.165, 1.54) is 12.1 Å². The molecule has 2 heterocycles. The van der Waals surface area contributed by atoms with Crippen molar-refractivity contribution in [2.45, 2.75) is 12.5 Å². The molecule has 1 aromatic heterocycles. The van der Waals surface area contributed by atoms with Crippen LogP contribution in [0.5, 0.6) is 0 Å². The highest BCUT2D eigenvalue weighted by molar-refractivity contribution is 5.95. The van der Waals surface area contributed by atoms with Crippen molar-refractivity contribution >= 4 is 5.91 Å². The molecule has 0 spiro atoms. The van der Waals surface area contributed by atoms with E-state index in [9.17, 15) is 9.18 Å². The fourth-order valence-corrected chi connectivity index (χ4v) is 2.80. The van der Waals surface area contributed by atoms with Crippen LogP contribution in [0.1, 0.15) is 18.0 Å². The van der Waals surface area contributed by atoms with Gasteiger partial charge in [0, 0.05) is 37.8 Å². The fourth-order valence-electron chi connectivity index (χ4n) is 2.80. The van der Waals surface area contributed by atoms with Crippen molar-refractivity contribution in [2.75, 3.05) is 7.05 Å². The van der Waals surface area contributed by atoms with E-state index < -0.39 is 0 Å². The van der Waals surface area contributed by atoms with E-state index in [-0.39, 0.29) is 17.8 Å². The van der Waals surface area contributed by atoms with Gasteiger partial charge in [-0.3, -0.25) is 9.48 Å². The van der Waals surface area contributed by atoms with Crippen molar-refractivity contribution in [1.29, 1.82) is 0 Å². The third-order valence-corrected chi connectivity index (χ3v) is 3.92. The zero-order chi connectivity index (χ0) is 15.1. The number of halogens is 1. The topological polar surface area (TPSA) is 38.1 Å². The lowest BCUT2D eigenvalue weighted by Crippen LogP contribution is -2.23. The predicted octanol–water partition coefficient (Wildman–Crippen LogP) is 2.69. The normalized spacial score (nSPS) is 18.6. The molecule has 0 saturated carbocycles. The third-order valence-electron chi connectivity index (χ3n) is 3.92. The molecule has 2 aromatic rings. The Morgan fingerprint density at radius 2 is 2.14 bits per heavy atom. The van der Waals surface area contributed by atoms with Gasteiger partial charge in [-0.2, -0.15) is 5.10 Å². The lowest BCUT2D eigenvalue weighted by molar-refractivity contribution is -0.124. The van der Waals surface area contributed by atoms with E-state index in [4.69, 9.17) is 0 Å². The van der Waals surface area contributed by atoms with E-state index in [0.717, 1.165) is 16.7 Å². The molecule has 0 N–H and O–H groups in total. The van der Waals surface area contributed by atoms with E-state index in [1.807, 2.05) is 13.2 Å². The summed E-state index contributed by atoms with van der Waals surface area (Å²) < 4.78 is 15.4. The summed E-state index contributed by atoms with van der Waals surface area (Å²) >= 11 is 0. The Hall–Kier alpha value is -2.43. The van der Waals surface area contributed by atoms with Gasteiger partial charge in [-0.15, -0.1) is 0 Å². The highest BCUT2D eigenvalue weighted by Crippen LogP contribution is 2.39. The molecule has 0 bridgehead atoms. The monoisotopic (exact) mass is 285 g/mol. The summed E-state index contributed by atoms with van der Waals surface area (Å²) in [6.07, 6.45) is 4.14. The average Bonchev–Trinajstić information content (AvgIpc) is 2.98. The van der Waals surface area contributed by atoms with Crippen molar-refractivity contribution < 1.29 is 9.18 Å². The van der Waals surface area contributed by atoms with E-state index in [1.54, 1.807) is 28.9 Å². The second-order valence-corrected chi connectivity index (χ2v) is 5.37. The smallest absolute Gasteiger partial charge is 0.249 e. The summed E-state index contributed by atoms with van der Waals surface area (Å²) in [6, 6.07) is 4.48. The summed E-state index contributed by atoms with van der Waals surface area (Å²) in [5.74, 6) is -0.391. The molecule has 1 fully saturated rings. The Balaban J connectivity index is 2.11. The molecule has 1 aliphatic rings. The highest BCUT2D eigenvalue weighted by atomic mass is 19.1. The molecule has 108 valence electrons. The zero-order valence-corrected chi connectivity index (χ0v) is 12.0. The maximum Gasteiger partial charge on any atom is 0.249 e. The molecular formula is C16H16FN3O. The second-order valence-electron chi connectivity index (χ2n) is 5.37. The van der Waals surface area contributed by atoms with Crippen molar-refractivity contribution in [2.24, 2.45) is 7.05 Å². The molecule has 0 aliphatic carbocycles. The van der Waals surface area contributed by atoms with E-state index in [0.29, 0.717) is 12.0 Å². The van der Waals surface area contributed by atoms with Crippen LogP contribution in [0.2, 0.25) is 0 Å². The van der Waals surface area contributed by atoms with Crippen LogP contribution in [0.25, 0.3) is 11.1 Å². The molecule has 5 heteroatoms. The summed E-state index contributed by atoms with van der Waals surface area (Å²) in [7, 11) is 3.56. The van der Waals surface area contributed by atoms with Crippen molar-refractivity contribution in [3.63, 3.8) is 0 Å². The van der Waals surface area contributed by atoms with Gasteiger partial charge in [0.1, 0.15) is 5.82 Å². The lowest BCUT2D eigenvalue weighted by atomic mass is 9.94. The number of hydrogen-bond donors (Lipinski definition) is 0. The van der Waals surface area contributed by atoms with Gasteiger partial charge in [-0.05, 0) is 23.3 Å². The fraction of sp³-hybridized carbons (Fsp3) is 0.250. The first-order chi connectivity index (χ1) is 9.97. The van der Waals surface area contributed by atoms with E-state index in [2.05, 4.69) is 11.7 Å². The van der Waals surface area contributed by atoms with Crippen LogP contribution in [-0.2, 0) is 11.8 Å². The molecule has 21 heavy (non-hydrogen) atoms. The predicted molar refractivity (Wildman–Crippen MR) is 77.9 cm³/mol. The molecular weight excluding hydrogens is 269 g/mol. The Bertz CT molecular complexity index is 735.